The number of aliphatic carboxylic acids is 1. The van der Waals surface area contributed by atoms with Gasteiger partial charge in [0.25, 0.3) is 5.91 Å². The average Bonchev–Trinajstić information content (AvgIpc) is 3.12. The number of carbonyl (C=O) groups is 4. The second-order valence-corrected chi connectivity index (χ2v) is 8.60. The number of hydrogen-bond donors (Lipinski definition) is 2. The van der Waals surface area contributed by atoms with Crippen molar-refractivity contribution in [1.29, 1.82) is 0 Å². The Morgan fingerprint density at radius 2 is 1.97 bits per heavy atom. The third-order valence-electron chi connectivity index (χ3n) is 5.37. The van der Waals surface area contributed by atoms with Crippen LogP contribution >= 0.6 is 11.8 Å². The summed E-state index contributed by atoms with van der Waals surface area (Å²) in [6.45, 7) is 0.0161. The van der Waals surface area contributed by atoms with Gasteiger partial charge in [0.2, 0.25) is 5.91 Å². The maximum Gasteiger partial charge on any atom is 0.491 e. The Bertz CT molecular complexity index is 1180. The number of fused-ring (bicyclic) bond motifs is 1. The second kappa shape index (κ2) is 8.43. The standard InChI is InChI=1S/C20H15F4N3O6S/c21-11-6-10(33-19(32)20(22,23)24)1-2-12(11)26-4-3-8(15(26)28)5-9-7-34-17-13(25)16(29)27(17)14(9)18(30)31/h1-2,5-6,13,17H,3-4,7,25H2,(H,30,31)/b8-5+/t13-,17-/m1/s1. The van der Waals surface area contributed by atoms with Crippen LogP contribution in [0.2, 0.25) is 0 Å². The van der Waals surface area contributed by atoms with Crippen molar-refractivity contribution in [3.63, 3.8) is 0 Å². The summed E-state index contributed by atoms with van der Waals surface area (Å²) in [5.74, 6) is -6.65. The predicted molar refractivity (Wildman–Crippen MR) is 109 cm³/mol. The number of carboxylic acids is 1. The molecule has 180 valence electrons. The highest BCUT2D eigenvalue weighted by Gasteiger charge is 2.51. The molecule has 0 spiro atoms. The molecule has 0 bridgehead atoms. The van der Waals surface area contributed by atoms with Crippen molar-refractivity contribution in [3.8, 4) is 5.75 Å². The maximum atomic E-state index is 14.5. The Morgan fingerprint density at radius 3 is 2.59 bits per heavy atom. The van der Waals surface area contributed by atoms with E-state index >= 15 is 0 Å². The number of allylic oxidation sites excluding steroid dienone is 1. The number of anilines is 1. The number of halogens is 4. The fourth-order valence-electron chi connectivity index (χ4n) is 3.77. The Kier molecular flexibility index (Phi) is 5.89. The molecular formula is C20H15F4N3O6S. The number of alkyl halides is 3. The normalized spacial score (nSPS) is 23.9. The number of rotatable bonds is 4. The van der Waals surface area contributed by atoms with E-state index in [0.29, 0.717) is 6.07 Å². The van der Waals surface area contributed by atoms with Gasteiger partial charge in [0.1, 0.15) is 22.9 Å². The van der Waals surface area contributed by atoms with E-state index in [1.807, 2.05) is 0 Å². The molecule has 3 heterocycles. The molecule has 3 N–H and O–H groups in total. The topological polar surface area (TPSA) is 130 Å². The third kappa shape index (κ3) is 4.03. The molecule has 3 aliphatic heterocycles. The lowest BCUT2D eigenvalue weighted by Gasteiger charge is -2.47. The Hall–Kier alpha value is -3.39. The molecular weight excluding hydrogens is 486 g/mol. The lowest BCUT2D eigenvalue weighted by atomic mass is 10.0. The van der Waals surface area contributed by atoms with E-state index < -0.39 is 52.9 Å². The lowest BCUT2D eigenvalue weighted by Crippen LogP contribution is -2.68. The predicted octanol–water partition coefficient (Wildman–Crippen LogP) is 1.54. The van der Waals surface area contributed by atoms with Gasteiger partial charge in [0, 0.05) is 23.9 Å². The number of hydrogen-bond acceptors (Lipinski definition) is 7. The van der Waals surface area contributed by atoms with E-state index in [1.54, 1.807) is 0 Å². The van der Waals surface area contributed by atoms with E-state index in [4.69, 9.17) is 5.73 Å². The molecule has 1 aromatic carbocycles. The fraction of sp³-hybridized carbons (Fsp3) is 0.300. The minimum Gasteiger partial charge on any atom is -0.477 e. The molecule has 0 unspecified atom stereocenters. The highest BCUT2D eigenvalue weighted by molar-refractivity contribution is 8.00. The zero-order valence-electron chi connectivity index (χ0n) is 17.0. The van der Waals surface area contributed by atoms with Gasteiger partial charge in [-0.3, -0.25) is 14.5 Å². The summed E-state index contributed by atoms with van der Waals surface area (Å²) in [5, 5.41) is 9.09. The van der Waals surface area contributed by atoms with Gasteiger partial charge in [-0.2, -0.15) is 13.2 Å². The van der Waals surface area contributed by atoms with Gasteiger partial charge in [0.15, 0.2) is 5.82 Å². The van der Waals surface area contributed by atoms with Gasteiger partial charge in [-0.15, -0.1) is 11.8 Å². The molecule has 2 atom stereocenters. The zero-order valence-corrected chi connectivity index (χ0v) is 17.8. The molecule has 4 rings (SSSR count). The van der Waals surface area contributed by atoms with Gasteiger partial charge in [-0.05, 0) is 30.2 Å². The van der Waals surface area contributed by atoms with Crippen molar-refractivity contribution in [1.82, 2.24) is 4.90 Å². The molecule has 0 aromatic heterocycles. The van der Waals surface area contributed by atoms with Crippen LogP contribution in [0.4, 0.5) is 23.2 Å². The highest BCUT2D eigenvalue weighted by Crippen LogP contribution is 2.40. The zero-order chi connectivity index (χ0) is 24.9. The number of amides is 2. The van der Waals surface area contributed by atoms with Gasteiger partial charge >= 0.3 is 18.1 Å². The van der Waals surface area contributed by atoms with Gasteiger partial charge in [-0.1, -0.05) is 0 Å². The minimum absolute atomic E-state index is 0.0161. The quantitative estimate of drug-likeness (QED) is 0.209. The van der Waals surface area contributed by atoms with E-state index in [0.717, 1.165) is 21.9 Å². The van der Waals surface area contributed by atoms with Crippen LogP contribution in [0, 0.1) is 5.82 Å². The molecule has 0 saturated carbocycles. The number of ether oxygens (including phenoxy) is 1. The molecule has 0 radical (unpaired) electrons. The number of thioether (sulfide) groups is 1. The summed E-state index contributed by atoms with van der Waals surface area (Å²) in [6, 6.07) is 1.66. The number of nitrogens with two attached hydrogens (primary N) is 1. The maximum absolute atomic E-state index is 14.5. The summed E-state index contributed by atoms with van der Waals surface area (Å²) in [6.07, 6.45) is -3.78. The van der Waals surface area contributed by atoms with Crippen LogP contribution in [0.1, 0.15) is 6.42 Å². The van der Waals surface area contributed by atoms with Crippen LogP contribution in [-0.2, 0) is 19.2 Å². The first-order valence-electron chi connectivity index (χ1n) is 9.68. The van der Waals surface area contributed by atoms with Gasteiger partial charge < -0.3 is 20.5 Å². The molecule has 2 saturated heterocycles. The van der Waals surface area contributed by atoms with Crippen LogP contribution < -0.4 is 15.4 Å². The number of carboxylic acid groups (broad SMARTS) is 1. The Labute approximate surface area is 192 Å². The number of nitrogens with zero attached hydrogens (tertiary/aromatic N) is 2. The van der Waals surface area contributed by atoms with E-state index in [1.165, 1.54) is 17.8 Å². The lowest BCUT2D eigenvalue weighted by molar-refractivity contribution is -0.189. The number of β-lactam (4-membered cyclic amide) rings is 1. The first kappa shape index (κ1) is 23.8. The largest absolute Gasteiger partial charge is 0.491 e. The van der Waals surface area contributed by atoms with Crippen LogP contribution in [0.3, 0.4) is 0 Å². The molecule has 2 fully saturated rings. The third-order valence-corrected chi connectivity index (χ3v) is 6.69. The highest BCUT2D eigenvalue weighted by atomic mass is 32.2. The van der Waals surface area contributed by atoms with Crippen molar-refractivity contribution in [2.24, 2.45) is 5.73 Å². The molecule has 9 nitrogen and oxygen atoms in total. The smallest absolute Gasteiger partial charge is 0.477 e. The van der Waals surface area contributed by atoms with Crippen molar-refractivity contribution in [2.45, 2.75) is 24.0 Å². The first-order chi connectivity index (χ1) is 15.9. The number of benzene rings is 1. The Balaban J connectivity index is 1.57. The number of carbonyl (C=O) groups excluding carboxylic acids is 3. The summed E-state index contributed by atoms with van der Waals surface area (Å²) in [5.41, 5.74) is 5.57. The van der Waals surface area contributed by atoms with Gasteiger partial charge in [-0.25, -0.2) is 14.0 Å². The molecule has 1 aromatic rings. The van der Waals surface area contributed by atoms with Crippen molar-refractivity contribution in [3.05, 3.63) is 46.9 Å². The van der Waals surface area contributed by atoms with Crippen LogP contribution in [0.5, 0.6) is 5.75 Å². The molecule has 14 heteroatoms. The summed E-state index contributed by atoms with van der Waals surface area (Å²) >= 11 is 1.25. The molecule has 2 amide bonds. The van der Waals surface area contributed by atoms with Crippen LogP contribution in [0.25, 0.3) is 0 Å². The van der Waals surface area contributed by atoms with E-state index in [9.17, 15) is 41.8 Å². The summed E-state index contributed by atoms with van der Waals surface area (Å²) in [4.78, 5) is 49.7. The second-order valence-electron chi connectivity index (χ2n) is 7.49. The van der Waals surface area contributed by atoms with Crippen molar-refractivity contribution >= 4 is 41.2 Å². The summed E-state index contributed by atoms with van der Waals surface area (Å²) in [7, 11) is 0. The van der Waals surface area contributed by atoms with E-state index in [-0.39, 0.29) is 41.2 Å². The number of esters is 1. The monoisotopic (exact) mass is 501 g/mol. The minimum atomic E-state index is -5.26. The SMILES string of the molecule is N[C@@H]1C(=O)N2C(C(=O)O)=C(/C=C3\CCN(c4ccc(OC(=O)C(F)(F)F)cc4F)C3=O)CS[C@H]12. The van der Waals surface area contributed by atoms with Gasteiger partial charge in [0.05, 0.1) is 5.69 Å². The van der Waals surface area contributed by atoms with Crippen molar-refractivity contribution < 1.29 is 46.6 Å². The average molecular weight is 501 g/mol. The van der Waals surface area contributed by atoms with E-state index in [2.05, 4.69) is 4.74 Å². The van der Waals surface area contributed by atoms with Crippen molar-refractivity contribution in [2.75, 3.05) is 17.2 Å². The molecule has 0 aliphatic carbocycles. The van der Waals surface area contributed by atoms with Crippen LogP contribution in [0.15, 0.2) is 41.1 Å². The Morgan fingerprint density at radius 1 is 1.26 bits per heavy atom. The molecule has 34 heavy (non-hydrogen) atoms. The molecule has 3 aliphatic rings. The van der Waals surface area contributed by atoms with Crippen LogP contribution in [-0.4, -0.2) is 63.6 Å². The first-order valence-corrected chi connectivity index (χ1v) is 10.7. The summed E-state index contributed by atoms with van der Waals surface area (Å²) < 4.78 is 55.6. The fourth-order valence-corrected chi connectivity index (χ4v) is 5.03.